The molecule has 0 saturated carbocycles. The highest BCUT2D eigenvalue weighted by Crippen LogP contribution is 2.20. The largest absolute Gasteiger partial charge is 0.550 e. The van der Waals surface area contributed by atoms with E-state index in [4.69, 9.17) is 0 Å². The van der Waals surface area contributed by atoms with Gasteiger partial charge in [-0.1, -0.05) is 20.8 Å². The van der Waals surface area contributed by atoms with Gasteiger partial charge >= 0.3 is 0 Å². The zero-order chi connectivity index (χ0) is 14.8. The Labute approximate surface area is 114 Å². The Morgan fingerprint density at radius 1 is 1.06 bits per heavy atom. The zero-order valence-electron chi connectivity index (χ0n) is 13.5. The number of carboxylic acids is 1. The van der Waals surface area contributed by atoms with E-state index in [0.29, 0.717) is 0 Å². The van der Waals surface area contributed by atoms with Crippen molar-refractivity contribution in [1.29, 1.82) is 0 Å². The maximum atomic E-state index is 9.97. The van der Waals surface area contributed by atoms with Crippen LogP contribution in [0.15, 0.2) is 0 Å². The van der Waals surface area contributed by atoms with Crippen LogP contribution >= 0.6 is 0 Å². The van der Waals surface area contributed by atoms with Crippen molar-refractivity contribution in [3.63, 3.8) is 0 Å². The van der Waals surface area contributed by atoms with E-state index in [1.807, 2.05) is 0 Å². The van der Waals surface area contributed by atoms with Crippen LogP contribution < -0.4 is 5.11 Å². The molecule has 0 rings (SSSR count). The molecule has 0 saturated heterocycles. The molecule has 0 aliphatic rings. The van der Waals surface area contributed by atoms with Crippen LogP contribution in [0.1, 0.15) is 60.8 Å². The monoisotopic (exact) mass is 259 g/mol. The summed E-state index contributed by atoms with van der Waals surface area (Å²) in [4.78, 5) is 9.97. The maximum absolute atomic E-state index is 9.97. The number of rotatable bonds is 6. The van der Waals surface area contributed by atoms with Crippen molar-refractivity contribution >= 4 is 5.97 Å². The first-order valence-electron chi connectivity index (χ1n) is 7.13. The maximum Gasteiger partial charge on any atom is 0.0755 e. The third kappa shape index (κ3) is 13.5. The van der Waals surface area contributed by atoms with Gasteiger partial charge in [0.15, 0.2) is 0 Å². The van der Waals surface area contributed by atoms with Gasteiger partial charge in [-0.25, -0.2) is 0 Å². The molecule has 18 heavy (non-hydrogen) atoms. The fourth-order valence-corrected chi connectivity index (χ4v) is 1.43. The number of quaternary nitrogens is 1. The summed E-state index contributed by atoms with van der Waals surface area (Å²) in [5.41, 5.74) is 0.245. The molecule has 3 heteroatoms. The van der Waals surface area contributed by atoms with Gasteiger partial charge in [-0.3, -0.25) is 0 Å². The number of hydrogen-bond acceptors (Lipinski definition) is 2. The molecule has 0 amide bonds. The van der Waals surface area contributed by atoms with Crippen LogP contribution in [-0.4, -0.2) is 37.1 Å². The molecular weight excluding hydrogens is 226 g/mol. The minimum Gasteiger partial charge on any atom is -0.550 e. The average molecular weight is 259 g/mol. The Balaban J connectivity index is 0. The first-order chi connectivity index (χ1) is 8.10. The highest BCUT2D eigenvalue weighted by molar-refractivity contribution is 5.64. The molecule has 0 atom stereocenters. The van der Waals surface area contributed by atoms with E-state index in [1.54, 1.807) is 0 Å². The standard InChI is InChI=1S/C8H16O2.C7H18N/c1-8(2,3)6-4-5-7(9)10;1-5-8(4,6-2)7-3/h4-6H2,1-3H3,(H,9,10);5-7H2,1-4H3/q;+1/p-1. The molecule has 0 fully saturated rings. The van der Waals surface area contributed by atoms with Crippen molar-refractivity contribution in [1.82, 2.24) is 0 Å². The smallest absolute Gasteiger partial charge is 0.0755 e. The van der Waals surface area contributed by atoms with Gasteiger partial charge in [0, 0.05) is 5.97 Å². The van der Waals surface area contributed by atoms with Gasteiger partial charge in [-0.05, 0) is 45.4 Å². The van der Waals surface area contributed by atoms with Crippen LogP contribution in [0.4, 0.5) is 0 Å². The van der Waals surface area contributed by atoms with Gasteiger partial charge in [0.25, 0.3) is 0 Å². The topological polar surface area (TPSA) is 40.1 Å². The highest BCUT2D eigenvalue weighted by atomic mass is 16.4. The van der Waals surface area contributed by atoms with Gasteiger partial charge in [0.05, 0.1) is 26.7 Å². The van der Waals surface area contributed by atoms with Crippen molar-refractivity contribution < 1.29 is 14.4 Å². The predicted octanol–water partition coefficient (Wildman–Crippen LogP) is 2.45. The Morgan fingerprint density at radius 3 is 1.61 bits per heavy atom. The second kappa shape index (κ2) is 9.37. The minimum atomic E-state index is -0.941. The summed E-state index contributed by atoms with van der Waals surface area (Å²) >= 11 is 0. The summed E-state index contributed by atoms with van der Waals surface area (Å²) in [7, 11) is 2.29. The van der Waals surface area contributed by atoms with Crippen molar-refractivity contribution in [3.8, 4) is 0 Å². The summed E-state index contributed by atoms with van der Waals surface area (Å²) < 4.78 is 1.21. The van der Waals surface area contributed by atoms with Crippen molar-refractivity contribution in [2.75, 3.05) is 26.7 Å². The fraction of sp³-hybridized carbons (Fsp3) is 0.933. The van der Waals surface area contributed by atoms with Crippen LogP contribution in [-0.2, 0) is 4.79 Å². The van der Waals surface area contributed by atoms with Gasteiger partial charge in [-0.2, -0.15) is 0 Å². The van der Waals surface area contributed by atoms with Crippen LogP contribution in [0, 0.1) is 5.41 Å². The van der Waals surface area contributed by atoms with Crippen molar-refractivity contribution in [2.45, 2.75) is 60.8 Å². The first kappa shape index (κ1) is 19.8. The first-order valence-corrected chi connectivity index (χ1v) is 7.13. The lowest BCUT2D eigenvalue weighted by Gasteiger charge is -2.30. The van der Waals surface area contributed by atoms with E-state index < -0.39 is 5.97 Å². The Bertz CT molecular complexity index is 207. The van der Waals surface area contributed by atoms with Crippen LogP contribution in [0.5, 0.6) is 0 Å². The van der Waals surface area contributed by atoms with Gasteiger partial charge in [0.2, 0.25) is 0 Å². The van der Waals surface area contributed by atoms with E-state index in [2.05, 4.69) is 48.6 Å². The summed E-state index contributed by atoms with van der Waals surface area (Å²) in [6.07, 6.45) is 1.87. The number of nitrogens with zero attached hydrogens (tertiary/aromatic N) is 1. The van der Waals surface area contributed by atoms with E-state index in [1.165, 1.54) is 24.1 Å². The molecular formula is C15H33NO2. The molecule has 110 valence electrons. The Hall–Kier alpha value is -0.570. The lowest BCUT2D eigenvalue weighted by Crippen LogP contribution is -2.42. The fourth-order valence-electron chi connectivity index (χ4n) is 1.43. The molecule has 0 spiro atoms. The lowest BCUT2D eigenvalue weighted by atomic mass is 9.90. The molecule has 0 aromatic heterocycles. The minimum absolute atomic E-state index is 0.192. The molecule has 0 aliphatic carbocycles. The molecule has 0 aromatic carbocycles. The molecule has 0 radical (unpaired) electrons. The van der Waals surface area contributed by atoms with E-state index in [0.717, 1.165) is 12.8 Å². The summed E-state index contributed by atoms with van der Waals surface area (Å²) in [5.74, 6) is -0.941. The third-order valence-corrected chi connectivity index (χ3v) is 3.60. The Kier molecular flexibility index (Phi) is 10.3. The van der Waals surface area contributed by atoms with Crippen LogP contribution in [0.2, 0.25) is 0 Å². The summed E-state index contributed by atoms with van der Waals surface area (Å²) in [6.45, 7) is 16.8. The predicted molar refractivity (Wildman–Crippen MR) is 76.1 cm³/mol. The van der Waals surface area contributed by atoms with Gasteiger partial charge in [-0.15, -0.1) is 0 Å². The molecule has 0 bridgehead atoms. The molecule has 0 heterocycles. The van der Waals surface area contributed by atoms with E-state index >= 15 is 0 Å². The van der Waals surface area contributed by atoms with Crippen molar-refractivity contribution in [3.05, 3.63) is 0 Å². The number of carbonyl (C=O) groups excluding carboxylic acids is 1. The second-order valence-electron chi connectivity index (χ2n) is 6.35. The molecule has 0 N–H and O–H groups in total. The molecule has 0 aromatic rings. The normalized spacial score (nSPS) is 11.7. The average Bonchev–Trinajstić information content (AvgIpc) is 2.26. The summed E-state index contributed by atoms with van der Waals surface area (Å²) in [6, 6.07) is 0. The van der Waals surface area contributed by atoms with Crippen LogP contribution in [0.3, 0.4) is 0 Å². The van der Waals surface area contributed by atoms with Crippen LogP contribution in [0.25, 0.3) is 0 Å². The Morgan fingerprint density at radius 2 is 1.44 bits per heavy atom. The van der Waals surface area contributed by atoms with E-state index in [-0.39, 0.29) is 11.8 Å². The third-order valence-electron chi connectivity index (χ3n) is 3.60. The quantitative estimate of drug-likeness (QED) is 0.687. The van der Waals surface area contributed by atoms with Crippen molar-refractivity contribution in [2.24, 2.45) is 5.41 Å². The molecule has 0 unspecified atom stereocenters. The summed E-state index contributed by atoms with van der Waals surface area (Å²) in [5, 5.41) is 9.97. The SMILES string of the molecule is CC(C)(C)CCCC(=O)[O-].CC[N+](C)(CC)CC. The highest BCUT2D eigenvalue weighted by Gasteiger charge is 2.11. The van der Waals surface area contributed by atoms with Gasteiger partial charge in [0.1, 0.15) is 0 Å². The lowest BCUT2D eigenvalue weighted by molar-refractivity contribution is -0.904. The van der Waals surface area contributed by atoms with E-state index in [9.17, 15) is 9.90 Å². The zero-order valence-corrected chi connectivity index (χ0v) is 13.5. The molecule has 0 aliphatic heterocycles. The second-order valence-corrected chi connectivity index (χ2v) is 6.35. The van der Waals surface area contributed by atoms with Gasteiger partial charge < -0.3 is 14.4 Å². The number of aliphatic carboxylic acids is 1. The number of hydrogen-bond donors (Lipinski definition) is 0. The molecule has 3 nitrogen and oxygen atoms in total. The number of carboxylic acid groups (broad SMARTS) is 1. The number of carbonyl (C=O) groups is 1.